The van der Waals surface area contributed by atoms with Crippen LogP contribution in [0.15, 0.2) is 4.99 Å². The topological polar surface area (TPSA) is 84.5 Å². The molecule has 0 aliphatic rings. The fourth-order valence-electron chi connectivity index (χ4n) is 1.80. The molecule has 1 atom stereocenters. The van der Waals surface area contributed by atoms with Crippen molar-refractivity contribution >= 4 is 15.8 Å². The molecule has 0 aromatic carbocycles. The van der Waals surface area contributed by atoms with Crippen molar-refractivity contribution in [3.8, 4) is 0 Å². The van der Waals surface area contributed by atoms with Crippen LogP contribution < -0.4 is 11.1 Å². The third-order valence-electron chi connectivity index (χ3n) is 3.39. The molecule has 0 fully saturated rings. The van der Waals surface area contributed by atoms with Crippen LogP contribution in [0.4, 0.5) is 0 Å². The van der Waals surface area contributed by atoms with E-state index in [1.165, 1.54) is 6.42 Å². The molecule has 0 rings (SSSR count). The molecule has 5 nitrogen and oxygen atoms in total. The maximum atomic E-state index is 11.9. The van der Waals surface area contributed by atoms with Crippen LogP contribution in [0.25, 0.3) is 0 Å². The lowest BCUT2D eigenvalue weighted by Crippen LogP contribution is -2.39. The molecule has 0 aromatic rings. The quantitative estimate of drug-likeness (QED) is 0.531. The second-order valence-corrected chi connectivity index (χ2v) is 9.93. The fraction of sp³-hybridized carbons (Fsp3) is 0.933. The summed E-state index contributed by atoms with van der Waals surface area (Å²) >= 11 is 0. The summed E-state index contributed by atoms with van der Waals surface area (Å²) in [6.07, 6.45) is 3.39. The van der Waals surface area contributed by atoms with Crippen LogP contribution in [-0.4, -0.2) is 37.5 Å². The molecule has 0 aromatic heterocycles. The first-order chi connectivity index (χ1) is 9.45. The van der Waals surface area contributed by atoms with Crippen LogP contribution in [0.5, 0.6) is 0 Å². The van der Waals surface area contributed by atoms with Crippen molar-refractivity contribution < 1.29 is 8.42 Å². The van der Waals surface area contributed by atoms with Crippen LogP contribution >= 0.6 is 0 Å². The normalized spacial score (nSPS) is 15.3. The summed E-state index contributed by atoms with van der Waals surface area (Å²) in [6.45, 7) is 11.8. The Labute approximate surface area is 130 Å². The third kappa shape index (κ3) is 8.96. The predicted octanol–water partition coefficient (Wildman–Crippen LogP) is 2.32. The Morgan fingerprint density at radius 1 is 1.19 bits per heavy atom. The van der Waals surface area contributed by atoms with E-state index in [0.717, 1.165) is 12.8 Å². The summed E-state index contributed by atoms with van der Waals surface area (Å²) in [5.41, 5.74) is 5.79. The highest BCUT2D eigenvalue weighted by Crippen LogP contribution is 2.15. The lowest BCUT2D eigenvalue weighted by molar-refractivity contribution is 0.493. The molecule has 0 aliphatic carbocycles. The first-order valence-electron chi connectivity index (χ1n) is 7.74. The predicted molar refractivity (Wildman–Crippen MR) is 91.3 cm³/mol. The zero-order valence-electron chi connectivity index (χ0n) is 14.4. The van der Waals surface area contributed by atoms with Gasteiger partial charge in [0.25, 0.3) is 0 Å². The van der Waals surface area contributed by atoms with Crippen molar-refractivity contribution in [1.82, 2.24) is 5.32 Å². The van der Waals surface area contributed by atoms with Crippen LogP contribution in [0.3, 0.4) is 0 Å². The van der Waals surface area contributed by atoms with Gasteiger partial charge in [0.15, 0.2) is 15.8 Å². The van der Waals surface area contributed by atoms with Crippen molar-refractivity contribution in [2.45, 2.75) is 71.6 Å². The van der Waals surface area contributed by atoms with Gasteiger partial charge in [0.05, 0.1) is 17.0 Å². The number of guanidine groups is 1. The molecule has 126 valence electrons. The highest BCUT2D eigenvalue weighted by atomic mass is 32.2. The molecule has 0 amide bonds. The van der Waals surface area contributed by atoms with E-state index in [2.05, 4.69) is 31.1 Å². The van der Waals surface area contributed by atoms with Crippen molar-refractivity contribution in [2.75, 3.05) is 12.3 Å². The van der Waals surface area contributed by atoms with Crippen LogP contribution in [0.2, 0.25) is 0 Å². The number of sulfone groups is 1. The Morgan fingerprint density at radius 3 is 2.24 bits per heavy atom. The molecule has 0 heterocycles. The zero-order chi connectivity index (χ0) is 16.7. The number of hydrogen-bond donors (Lipinski definition) is 2. The van der Waals surface area contributed by atoms with Crippen LogP contribution in [-0.2, 0) is 9.84 Å². The summed E-state index contributed by atoms with van der Waals surface area (Å²) < 4.78 is 23.1. The molecule has 0 radical (unpaired) electrons. The molecule has 0 spiro atoms. The average Bonchev–Trinajstić information content (AvgIpc) is 2.26. The lowest BCUT2D eigenvalue weighted by Gasteiger charge is -2.18. The molecule has 3 N–H and O–H groups in total. The average molecular weight is 320 g/mol. The first-order valence-corrected chi connectivity index (χ1v) is 9.39. The Morgan fingerprint density at radius 2 is 1.76 bits per heavy atom. The minimum atomic E-state index is -3.14. The van der Waals surface area contributed by atoms with Gasteiger partial charge in [-0.2, -0.15) is 0 Å². The van der Waals surface area contributed by atoms with Gasteiger partial charge in [-0.05, 0) is 40.0 Å². The van der Waals surface area contributed by atoms with E-state index in [9.17, 15) is 8.42 Å². The Balaban J connectivity index is 4.15. The van der Waals surface area contributed by atoms with Gasteiger partial charge in [0, 0.05) is 6.04 Å². The third-order valence-corrected chi connectivity index (χ3v) is 5.97. The summed E-state index contributed by atoms with van der Waals surface area (Å²) in [4.78, 5) is 4.11. The number of aliphatic imine (C=N–C) groups is 1. The molecule has 0 saturated carbocycles. The van der Waals surface area contributed by atoms with E-state index in [-0.39, 0.29) is 18.3 Å². The standard InChI is InChI=1S/C15H33N3O2S/c1-12(2)8-7-9-13(3)18-14(16)17-10-11-21(19,20)15(4,5)6/h12-13H,7-11H2,1-6H3,(H3,16,17,18). The van der Waals surface area contributed by atoms with Gasteiger partial charge < -0.3 is 11.1 Å². The minimum Gasteiger partial charge on any atom is -0.370 e. The SMILES string of the molecule is CC(C)CCCC(C)NC(N)=NCCS(=O)(=O)C(C)(C)C. The number of nitrogens with one attached hydrogen (secondary N) is 1. The second kappa shape index (κ2) is 8.61. The number of rotatable bonds is 8. The van der Waals surface area contributed by atoms with E-state index in [0.29, 0.717) is 11.9 Å². The molecular weight excluding hydrogens is 286 g/mol. The van der Waals surface area contributed by atoms with Crippen LogP contribution in [0, 0.1) is 5.92 Å². The van der Waals surface area contributed by atoms with Gasteiger partial charge in [-0.25, -0.2) is 8.42 Å². The van der Waals surface area contributed by atoms with Gasteiger partial charge in [0.2, 0.25) is 0 Å². The van der Waals surface area contributed by atoms with E-state index < -0.39 is 14.6 Å². The summed E-state index contributed by atoms with van der Waals surface area (Å²) in [5.74, 6) is 1.07. The number of hydrogen-bond acceptors (Lipinski definition) is 3. The summed E-state index contributed by atoms with van der Waals surface area (Å²) in [5, 5.41) is 3.11. The maximum Gasteiger partial charge on any atom is 0.188 e. The van der Waals surface area contributed by atoms with Crippen molar-refractivity contribution in [3.63, 3.8) is 0 Å². The van der Waals surface area contributed by atoms with Gasteiger partial charge in [-0.15, -0.1) is 0 Å². The molecular formula is C15H33N3O2S. The van der Waals surface area contributed by atoms with Gasteiger partial charge in [0.1, 0.15) is 0 Å². The largest absolute Gasteiger partial charge is 0.370 e. The molecule has 0 bridgehead atoms. The van der Waals surface area contributed by atoms with Gasteiger partial charge >= 0.3 is 0 Å². The van der Waals surface area contributed by atoms with Gasteiger partial charge in [-0.3, -0.25) is 4.99 Å². The highest BCUT2D eigenvalue weighted by molar-refractivity contribution is 7.92. The zero-order valence-corrected chi connectivity index (χ0v) is 15.3. The Bertz CT molecular complexity index is 423. The van der Waals surface area contributed by atoms with E-state index in [1.54, 1.807) is 20.8 Å². The summed E-state index contributed by atoms with van der Waals surface area (Å²) in [6, 6.07) is 0.256. The monoisotopic (exact) mass is 319 g/mol. The second-order valence-electron chi connectivity index (χ2n) is 7.07. The molecule has 21 heavy (non-hydrogen) atoms. The molecule has 0 saturated heterocycles. The van der Waals surface area contributed by atoms with E-state index in [4.69, 9.17) is 5.73 Å². The fourth-order valence-corrected chi connectivity index (χ4v) is 2.74. The van der Waals surface area contributed by atoms with Crippen LogP contribution in [0.1, 0.15) is 60.8 Å². The van der Waals surface area contributed by atoms with Crippen molar-refractivity contribution in [3.05, 3.63) is 0 Å². The van der Waals surface area contributed by atoms with Crippen molar-refractivity contribution in [2.24, 2.45) is 16.6 Å². The summed E-state index contributed by atoms with van der Waals surface area (Å²) in [7, 11) is -3.14. The molecule has 6 heteroatoms. The van der Waals surface area contributed by atoms with E-state index in [1.807, 2.05) is 0 Å². The van der Waals surface area contributed by atoms with E-state index >= 15 is 0 Å². The molecule has 0 aliphatic heterocycles. The maximum absolute atomic E-state index is 11.9. The Hall–Kier alpha value is -0.780. The van der Waals surface area contributed by atoms with Gasteiger partial charge in [-0.1, -0.05) is 26.7 Å². The highest BCUT2D eigenvalue weighted by Gasteiger charge is 2.28. The Kier molecular flexibility index (Phi) is 8.29. The lowest BCUT2D eigenvalue weighted by atomic mass is 10.0. The minimum absolute atomic E-state index is 0.0284. The first kappa shape index (κ1) is 20.2. The van der Waals surface area contributed by atoms with Crippen molar-refractivity contribution in [1.29, 1.82) is 0 Å². The smallest absolute Gasteiger partial charge is 0.188 e. The molecule has 1 unspecified atom stereocenters. The number of nitrogens with zero attached hydrogens (tertiary/aromatic N) is 1. The number of nitrogens with two attached hydrogens (primary N) is 1.